The molecule has 0 saturated carbocycles. The van der Waals surface area contributed by atoms with Crippen molar-refractivity contribution in [2.24, 2.45) is 0 Å². The summed E-state index contributed by atoms with van der Waals surface area (Å²) in [5, 5.41) is 27.1. The van der Waals surface area contributed by atoms with E-state index in [4.69, 9.17) is 10.2 Å². The number of aromatic hydroxyl groups is 2. The molecule has 0 saturated heterocycles. The standard InChI is InChI=1S/C12H12O4/c1-8(13)6-10(14)4-2-9-3-5-11(15)12(16)7-9/h2-7,13,15-16H,1H3/b4-2+,8-6-. The first-order valence-electron chi connectivity index (χ1n) is 4.60. The fourth-order valence-electron chi connectivity index (χ4n) is 1.08. The Morgan fingerprint density at radius 2 is 1.94 bits per heavy atom. The molecule has 1 aromatic rings. The maximum atomic E-state index is 11.1. The quantitative estimate of drug-likeness (QED) is 0.414. The molecule has 3 N–H and O–H groups in total. The van der Waals surface area contributed by atoms with Gasteiger partial charge in [-0.05, 0) is 30.7 Å². The van der Waals surface area contributed by atoms with E-state index < -0.39 is 0 Å². The molecule has 0 spiro atoms. The van der Waals surface area contributed by atoms with Crippen LogP contribution in [-0.4, -0.2) is 21.1 Å². The van der Waals surface area contributed by atoms with E-state index in [0.717, 1.165) is 6.08 Å². The third-order valence-electron chi connectivity index (χ3n) is 1.79. The van der Waals surface area contributed by atoms with Gasteiger partial charge in [0, 0.05) is 6.08 Å². The largest absolute Gasteiger partial charge is 0.512 e. The molecule has 0 aliphatic carbocycles. The highest BCUT2D eigenvalue weighted by molar-refractivity contribution is 6.02. The van der Waals surface area contributed by atoms with Gasteiger partial charge in [-0.2, -0.15) is 0 Å². The van der Waals surface area contributed by atoms with Crippen molar-refractivity contribution in [3.63, 3.8) is 0 Å². The number of hydrogen-bond donors (Lipinski definition) is 3. The van der Waals surface area contributed by atoms with Crippen LogP contribution in [0, 0.1) is 0 Å². The van der Waals surface area contributed by atoms with Crippen molar-refractivity contribution in [1.82, 2.24) is 0 Å². The predicted molar refractivity (Wildman–Crippen MR) is 60.2 cm³/mol. The van der Waals surface area contributed by atoms with Gasteiger partial charge in [0.1, 0.15) is 0 Å². The summed E-state index contributed by atoms with van der Waals surface area (Å²) >= 11 is 0. The van der Waals surface area contributed by atoms with Crippen LogP contribution in [0.2, 0.25) is 0 Å². The Morgan fingerprint density at radius 1 is 1.25 bits per heavy atom. The predicted octanol–water partition coefficient (Wildman–Crippen LogP) is 2.14. The molecule has 1 rings (SSSR count). The van der Waals surface area contributed by atoms with E-state index in [0.29, 0.717) is 5.56 Å². The van der Waals surface area contributed by atoms with E-state index in [9.17, 15) is 9.90 Å². The highest BCUT2D eigenvalue weighted by atomic mass is 16.3. The summed E-state index contributed by atoms with van der Waals surface area (Å²) in [5.74, 6) is -0.881. The van der Waals surface area contributed by atoms with Crippen molar-refractivity contribution < 1.29 is 20.1 Å². The molecule has 1 aromatic carbocycles. The molecule has 0 heterocycles. The minimum atomic E-state index is -0.354. The first-order valence-corrected chi connectivity index (χ1v) is 4.60. The molecule has 4 nitrogen and oxygen atoms in total. The second-order valence-corrected chi connectivity index (χ2v) is 3.27. The summed E-state index contributed by atoms with van der Waals surface area (Å²) in [6.45, 7) is 1.40. The molecule has 16 heavy (non-hydrogen) atoms. The first-order chi connectivity index (χ1) is 7.49. The van der Waals surface area contributed by atoms with Crippen molar-refractivity contribution in [3.05, 3.63) is 41.7 Å². The smallest absolute Gasteiger partial charge is 0.181 e. The van der Waals surface area contributed by atoms with Gasteiger partial charge in [-0.3, -0.25) is 4.79 Å². The molecule has 0 radical (unpaired) electrons. The van der Waals surface area contributed by atoms with Gasteiger partial charge >= 0.3 is 0 Å². The van der Waals surface area contributed by atoms with Crippen LogP contribution in [0.1, 0.15) is 12.5 Å². The van der Waals surface area contributed by atoms with Crippen LogP contribution in [0.3, 0.4) is 0 Å². The summed E-state index contributed by atoms with van der Waals surface area (Å²) in [6.07, 6.45) is 3.81. The van der Waals surface area contributed by atoms with Gasteiger partial charge in [0.05, 0.1) is 5.76 Å². The van der Waals surface area contributed by atoms with Crippen LogP contribution in [0.5, 0.6) is 11.5 Å². The number of aliphatic hydroxyl groups excluding tert-OH is 1. The third kappa shape index (κ3) is 3.49. The number of phenols is 2. The van der Waals surface area contributed by atoms with Gasteiger partial charge in [0.25, 0.3) is 0 Å². The Hall–Kier alpha value is -2.23. The SMILES string of the molecule is C/C(O)=C/C(=O)/C=C/c1ccc(O)c(O)c1. The number of benzene rings is 1. The van der Waals surface area contributed by atoms with E-state index in [2.05, 4.69) is 0 Å². The zero-order valence-electron chi connectivity index (χ0n) is 8.71. The minimum absolute atomic E-state index is 0.0665. The number of aliphatic hydroxyl groups is 1. The summed E-state index contributed by atoms with van der Waals surface area (Å²) in [6, 6.07) is 4.20. The number of carbonyl (C=O) groups is 1. The van der Waals surface area contributed by atoms with Crippen LogP contribution in [0.4, 0.5) is 0 Å². The van der Waals surface area contributed by atoms with E-state index in [1.807, 2.05) is 0 Å². The minimum Gasteiger partial charge on any atom is -0.512 e. The maximum absolute atomic E-state index is 11.1. The molecule has 4 heteroatoms. The normalized spacial score (nSPS) is 11.9. The Labute approximate surface area is 92.8 Å². The summed E-state index contributed by atoms with van der Waals surface area (Å²) < 4.78 is 0. The van der Waals surface area contributed by atoms with E-state index in [1.54, 1.807) is 6.07 Å². The molecule has 0 aliphatic rings. The molecule has 0 atom stereocenters. The number of phenolic OH excluding ortho intramolecular Hbond substituents is 2. The lowest BCUT2D eigenvalue weighted by atomic mass is 10.1. The number of rotatable bonds is 3. The highest BCUT2D eigenvalue weighted by Crippen LogP contribution is 2.25. The second-order valence-electron chi connectivity index (χ2n) is 3.27. The first kappa shape index (κ1) is 11.8. The highest BCUT2D eigenvalue weighted by Gasteiger charge is 1.98. The maximum Gasteiger partial charge on any atom is 0.181 e. The van der Waals surface area contributed by atoms with Crippen molar-refractivity contribution in [2.75, 3.05) is 0 Å². The second kappa shape index (κ2) is 5.02. The molecule has 0 fully saturated rings. The number of ketones is 1. The van der Waals surface area contributed by atoms with Gasteiger partial charge in [-0.15, -0.1) is 0 Å². The average molecular weight is 220 g/mol. The number of allylic oxidation sites excluding steroid dienone is 3. The van der Waals surface area contributed by atoms with Crippen LogP contribution in [-0.2, 0) is 4.79 Å². The Kier molecular flexibility index (Phi) is 3.72. The van der Waals surface area contributed by atoms with E-state index in [1.165, 1.54) is 31.2 Å². The molecule has 84 valence electrons. The number of carbonyl (C=O) groups excluding carboxylic acids is 1. The fraction of sp³-hybridized carbons (Fsp3) is 0.0833. The molecular formula is C12H12O4. The van der Waals surface area contributed by atoms with Crippen LogP contribution < -0.4 is 0 Å². The van der Waals surface area contributed by atoms with E-state index in [-0.39, 0.29) is 23.0 Å². The molecule has 0 unspecified atom stereocenters. The topological polar surface area (TPSA) is 77.8 Å². The Bertz CT molecular complexity index is 454. The molecular weight excluding hydrogens is 208 g/mol. The average Bonchev–Trinajstić information content (AvgIpc) is 2.19. The lowest BCUT2D eigenvalue weighted by Crippen LogP contribution is -1.87. The van der Waals surface area contributed by atoms with Gasteiger partial charge in [0.2, 0.25) is 0 Å². The lowest BCUT2D eigenvalue weighted by molar-refractivity contribution is -0.110. The molecule has 0 aromatic heterocycles. The van der Waals surface area contributed by atoms with Crippen molar-refractivity contribution in [3.8, 4) is 11.5 Å². The van der Waals surface area contributed by atoms with Gasteiger partial charge < -0.3 is 15.3 Å². The summed E-state index contributed by atoms with van der Waals surface area (Å²) in [7, 11) is 0. The van der Waals surface area contributed by atoms with E-state index >= 15 is 0 Å². The fourth-order valence-corrected chi connectivity index (χ4v) is 1.08. The van der Waals surface area contributed by atoms with Gasteiger partial charge in [0.15, 0.2) is 17.3 Å². The van der Waals surface area contributed by atoms with Crippen molar-refractivity contribution >= 4 is 11.9 Å². The van der Waals surface area contributed by atoms with Crippen LogP contribution in [0.15, 0.2) is 36.1 Å². The van der Waals surface area contributed by atoms with Gasteiger partial charge in [-0.25, -0.2) is 0 Å². The van der Waals surface area contributed by atoms with Crippen molar-refractivity contribution in [1.29, 1.82) is 0 Å². The molecule has 0 bridgehead atoms. The van der Waals surface area contributed by atoms with Crippen LogP contribution in [0.25, 0.3) is 6.08 Å². The summed E-state index contributed by atoms with van der Waals surface area (Å²) in [4.78, 5) is 11.1. The van der Waals surface area contributed by atoms with Crippen LogP contribution >= 0.6 is 0 Å². The number of hydrogen-bond acceptors (Lipinski definition) is 4. The monoisotopic (exact) mass is 220 g/mol. The Balaban J connectivity index is 2.81. The Morgan fingerprint density at radius 3 is 2.50 bits per heavy atom. The summed E-state index contributed by atoms with van der Waals surface area (Å²) in [5.41, 5.74) is 0.577. The molecule has 0 aliphatic heterocycles. The third-order valence-corrected chi connectivity index (χ3v) is 1.79. The lowest BCUT2D eigenvalue weighted by Gasteiger charge is -1.97. The molecule has 0 amide bonds. The zero-order valence-corrected chi connectivity index (χ0v) is 8.71. The van der Waals surface area contributed by atoms with Crippen molar-refractivity contribution in [2.45, 2.75) is 6.92 Å². The zero-order chi connectivity index (χ0) is 12.1. The van der Waals surface area contributed by atoms with Gasteiger partial charge in [-0.1, -0.05) is 12.1 Å².